The molecule has 1 N–H and O–H groups in total. The third-order valence-corrected chi connectivity index (χ3v) is 2.67. The highest BCUT2D eigenvalue weighted by Gasteiger charge is 2.06. The molecule has 0 aliphatic heterocycles. The first-order valence-corrected chi connectivity index (χ1v) is 5.18. The lowest BCUT2D eigenvalue weighted by atomic mass is 10.6. The molecule has 0 spiro atoms. The highest BCUT2D eigenvalue weighted by atomic mass is 32.2. The molecule has 0 fully saturated rings. The molecule has 1 aromatic heterocycles. The fourth-order valence-electron chi connectivity index (χ4n) is 0.726. The van der Waals surface area contributed by atoms with Crippen LogP contribution in [0.25, 0.3) is 0 Å². The van der Waals surface area contributed by atoms with E-state index in [0.29, 0.717) is 5.69 Å². The van der Waals surface area contributed by atoms with Crippen molar-refractivity contribution in [2.75, 3.05) is 10.5 Å². The normalized spacial score (nSPS) is 11.5. The van der Waals surface area contributed by atoms with Crippen LogP contribution in [0.4, 0.5) is 5.69 Å². The summed E-state index contributed by atoms with van der Waals surface area (Å²) in [5, 5.41) is 3.82. The molecule has 6 heteroatoms. The van der Waals surface area contributed by atoms with Crippen molar-refractivity contribution in [1.29, 1.82) is 0 Å². The molecule has 0 aliphatic rings. The topological polar surface area (TPSA) is 64.0 Å². The van der Waals surface area contributed by atoms with Crippen LogP contribution in [0.1, 0.15) is 6.92 Å². The van der Waals surface area contributed by atoms with Crippen molar-refractivity contribution in [1.82, 2.24) is 9.78 Å². The van der Waals surface area contributed by atoms with Gasteiger partial charge in [0.2, 0.25) is 10.0 Å². The molecule has 1 heterocycles. The molecule has 68 valence electrons. The average Bonchev–Trinajstić information content (AvgIpc) is 2.35. The molecule has 0 radical (unpaired) electrons. The van der Waals surface area contributed by atoms with Gasteiger partial charge in [0.05, 0.1) is 17.6 Å². The number of hydrogen-bond acceptors (Lipinski definition) is 3. The second-order valence-electron chi connectivity index (χ2n) is 2.41. The zero-order chi connectivity index (χ0) is 9.19. The molecule has 0 bridgehead atoms. The predicted molar refractivity (Wildman–Crippen MR) is 46.3 cm³/mol. The maximum atomic E-state index is 11.0. The summed E-state index contributed by atoms with van der Waals surface area (Å²) in [6, 6.07) is 0. The Morgan fingerprint density at radius 3 is 2.75 bits per heavy atom. The number of rotatable bonds is 3. The molecule has 12 heavy (non-hydrogen) atoms. The predicted octanol–water partition coefficient (Wildman–Crippen LogP) is 0.182. The second kappa shape index (κ2) is 3.14. The van der Waals surface area contributed by atoms with Crippen molar-refractivity contribution in [3.05, 3.63) is 12.4 Å². The first-order chi connectivity index (χ1) is 5.53. The summed E-state index contributed by atoms with van der Waals surface area (Å²) in [5.41, 5.74) is 0.499. The SMILES string of the molecule is CCS(=O)(=O)Nc1cnn(C)c1. The molecule has 0 amide bonds. The van der Waals surface area contributed by atoms with E-state index in [9.17, 15) is 8.42 Å². The van der Waals surface area contributed by atoms with E-state index in [0.717, 1.165) is 0 Å². The summed E-state index contributed by atoms with van der Waals surface area (Å²) in [6.07, 6.45) is 3.07. The Bertz CT molecular complexity index is 355. The second-order valence-corrected chi connectivity index (χ2v) is 4.42. The summed E-state index contributed by atoms with van der Waals surface area (Å²) >= 11 is 0. The van der Waals surface area contributed by atoms with Crippen LogP contribution in [0, 0.1) is 0 Å². The minimum Gasteiger partial charge on any atom is -0.280 e. The van der Waals surface area contributed by atoms with Crippen LogP contribution in [-0.4, -0.2) is 24.0 Å². The van der Waals surface area contributed by atoms with E-state index in [2.05, 4.69) is 9.82 Å². The number of nitrogens with zero attached hydrogens (tertiary/aromatic N) is 2. The third-order valence-electron chi connectivity index (χ3n) is 1.36. The maximum Gasteiger partial charge on any atom is 0.232 e. The quantitative estimate of drug-likeness (QED) is 0.737. The Hall–Kier alpha value is -1.04. The highest BCUT2D eigenvalue weighted by Crippen LogP contribution is 2.05. The fourth-order valence-corrected chi connectivity index (χ4v) is 1.33. The van der Waals surface area contributed by atoms with Gasteiger partial charge < -0.3 is 0 Å². The molecule has 0 aromatic carbocycles. The first-order valence-electron chi connectivity index (χ1n) is 3.52. The van der Waals surface area contributed by atoms with Crippen LogP contribution in [0.2, 0.25) is 0 Å². The minimum absolute atomic E-state index is 0.0713. The van der Waals surface area contributed by atoms with Crippen molar-refractivity contribution in [2.24, 2.45) is 7.05 Å². The molecule has 0 saturated carbocycles. The molecular weight excluding hydrogens is 178 g/mol. The lowest BCUT2D eigenvalue weighted by Crippen LogP contribution is -2.13. The summed E-state index contributed by atoms with van der Waals surface area (Å²) in [6.45, 7) is 1.58. The van der Waals surface area contributed by atoms with Gasteiger partial charge in [-0.25, -0.2) is 8.42 Å². The van der Waals surface area contributed by atoms with Crippen LogP contribution in [0.5, 0.6) is 0 Å². The Morgan fingerprint density at radius 1 is 1.67 bits per heavy atom. The largest absolute Gasteiger partial charge is 0.280 e. The van der Waals surface area contributed by atoms with Gasteiger partial charge in [0.25, 0.3) is 0 Å². The van der Waals surface area contributed by atoms with E-state index < -0.39 is 10.0 Å². The van der Waals surface area contributed by atoms with E-state index in [1.54, 1.807) is 20.2 Å². The van der Waals surface area contributed by atoms with Crippen molar-refractivity contribution in [3.63, 3.8) is 0 Å². The summed E-state index contributed by atoms with van der Waals surface area (Å²) < 4.78 is 26.0. The van der Waals surface area contributed by atoms with Crippen LogP contribution < -0.4 is 4.72 Å². The van der Waals surface area contributed by atoms with Crippen LogP contribution in [-0.2, 0) is 17.1 Å². The Balaban J connectivity index is 2.77. The first kappa shape index (κ1) is 9.05. The van der Waals surface area contributed by atoms with E-state index in [-0.39, 0.29) is 5.75 Å². The zero-order valence-electron chi connectivity index (χ0n) is 6.98. The Morgan fingerprint density at radius 2 is 2.33 bits per heavy atom. The Kier molecular flexibility index (Phi) is 2.37. The number of aryl methyl sites for hydroxylation is 1. The molecule has 0 atom stereocenters. The van der Waals surface area contributed by atoms with Crippen molar-refractivity contribution in [2.45, 2.75) is 6.92 Å². The van der Waals surface area contributed by atoms with Crippen molar-refractivity contribution in [3.8, 4) is 0 Å². The average molecular weight is 189 g/mol. The molecule has 5 nitrogen and oxygen atoms in total. The minimum atomic E-state index is -3.16. The third kappa shape index (κ3) is 2.23. The van der Waals surface area contributed by atoms with Gasteiger partial charge in [0.1, 0.15) is 0 Å². The number of hydrogen-bond donors (Lipinski definition) is 1. The standard InChI is InChI=1S/C6H11N3O2S/c1-3-12(10,11)8-6-4-7-9(2)5-6/h4-5,8H,3H2,1-2H3. The smallest absolute Gasteiger partial charge is 0.232 e. The van der Waals surface area contributed by atoms with Crippen LogP contribution >= 0.6 is 0 Å². The summed E-state index contributed by atoms with van der Waals surface area (Å²) in [7, 11) is -1.44. The van der Waals surface area contributed by atoms with Crippen molar-refractivity contribution >= 4 is 15.7 Å². The molecule has 1 aromatic rings. The van der Waals surface area contributed by atoms with Gasteiger partial charge in [-0.15, -0.1) is 0 Å². The molecule has 0 saturated heterocycles. The van der Waals surface area contributed by atoms with Gasteiger partial charge in [-0.2, -0.15) is 5.10 Å². The molecule has 0 unspecified atom stereocenters. The van der Waals surface area contributed by atoms with Crippen LogP contribution in [0.3, 0.4) is 0 Å². The van der Waals surface area contributed by atoms with E-state index >= 15 is 0 Å². The zero-order valence-corrected chi connectivity index (χ0v) is 7.80. The van der Waals surface area contributed by atoms with E-state index in [4.69, 9.17) is 0 Å². The summed E-state index contributed by atoms with van der Waals surface area (Å²) in [5.74, 6) is 0.0713. The number of aromatic nitrogens is 2. The maximum absolute atomic E-state index is 11.0. The van der Waals surface area contributed by atoms with Gasteiger partial charge in [-0.1, -0.05) is 0 Å². The van der Waals surface area contributed by atoms with E-state index in [1.165, 1.54) is 10.9 Å². The van der Waals surface area contributed by atoms with Gasteiger partial charge in [0, 0.05) is 13.2 Å². The van der Waals surface area contributed by atoms with Gasteiger partial charge >= 0.3 is 0 Å². The lowest BCUT2D eigenvalue weighted by molar-refractivity contribution is 0.602. The molecule has 0 aliphatic carbocycles. The van der Waals surface area contributed by atoms with Gasteiger partial charge in [-0.05, 0) is 6.92 Å². The molecular formula is C6H11N3O2S. The van der Waals surface area contributed by atoms with Gasteiger partial charge in [-0.3, -0.25) is 9.40 Å². The van der Waals surface area contributed by atoms with E-state index in [1.807, 2.05) is 0 Å². The monoisotopic (exact) mass is 189 g/mol. The summed E-state index contributed by atoms with van der Waals surface area (Å²) in [4.78, 5) is 0. The lowest BCUT2D eigenvalue weighted by Gasteiger charge is -2.00. The molecule has 1 rings (SSSR count). The number of nitrogens with one attached hydrogen (secondary N) is 1. The number of sulfonamides is 1. The van der Waals surface area contributed by atoms with Crippen molar-refractivity contribution < 1.29 is 8.42 Å². The Labute approximate surface area is 71.4 Å². The van der Waals surface area contributed by atoms with Gasteiger partial charge in [0.15, 0.2) is 0 Å². The fraction of sp³-hybridized carbons (Fsp3) is 0.500. The number of anilines is 1. The highest BCUT2D eigenvalue weighted by molar-refractivity contribution is 7.92. The van der Waals surface area contributed by atoms with Crippen LogP contribution in [0.15, 0.2) is 12.4 Å².